The van der Waals surface area contributed by atoms with Gasteiger partial charge in [-0.3, -0.25) is 4.79 Å². The first-order valence-corrected chi connectivity index (χ1v) is 4.53. The van der Waals surface area contributed by atoms with Gasteiger partial charge >= 0.3 is 0 Å². The first-order valence-electron chi connectivity index (χ1n) is 4.53. The Bertz CT molecular complexity index is 187. The summed E-state index contributed by atoms with van der Waals surface area (Å²) in [5, 5.41) is 9.65. The molecule has 0 aromatic rings. The number of rotatable bonds is 0. The van der Waals surface area contributed by atoms with E-state index in [-0.39, 0.29) is 11.4 Å². The Hall–Kier alpha value is -0.610. The molecule has 2 saturated heterocycles. The van der Waals surface area contributed by atoms with Crippen LogP contribution in [0.4, 0.5) is 0 Å². The van der Waals surface area contributed by atoms with Gasteiger partial charge in [-0.25, -0.2) is 0 Å². The van der Waals surface area contributed by atoms with Gasteiger partial charge in [-0.2, -0.15) is 0 Å². The van der Waals surface area contributed by atoms with Crippen LogP contribution in [-0.2, 0) is 4.79 Å². The molecule has 12 heavy (non-hydrogen) atoms. The van der Waals surface area contributed by atoms with Crippen molar-refractivity contribution in [3.05, 3.63) is 0 Å². The van der Waals surface area contributed by atoms with Crippen molar-refractivity contribution in [2.24, 2.45) is 0 Å². The second-order valence-corrected chi connectivity index (χ2v) is 3.68. The van der Waals surface area contributed by atoms with Crippen molar-refractivity contribution < 1.29 is 4.79 Å². The van der Waals surface area contributed by atoms with Crippen molar-refractivity contribution in [2.45, 2.75) is 18.4 Å². The molecule has 0 aromatic heterocycles. The molecule has 3 N–H and O–H groups in total. The average Bonchev–Trinajstić information content (AvgIpc) is 2.39. The Kier molecular flexibility index (Phi) is 2.02. The summed E-state index contributed by atoms with van der Waals surface area (Å²) in [5.41, 5.74) is 0.00752. The highest BCUT2D eigenvalue weighted by Crippen LogP contribution is 2.15. The number of hydrogen-bond acceptors (Lipinski definition) is 3. The van der Waals surface area contributed by atoms with E-state index in [9.17, 15) is 4.79 Å². The summed E-state index contributed by atoms with van der Waals surface area (Å²) < 4.78 is 0. The number of carbonyl (C=O) groups is 1. The molecule has 2 heterocycles. The van der Waals surface area contributed by atoms with Crippen molar-refractivity contribution in [3.8, 4) is 0 Å². The minimum Gasteiger partial charge on any atom is -0.348 e. The lowest BCUT2D eigenvalue weighted by Crippen LogP contribution is -2.53. The van der Waals surface area contributed by atoms with E-state index < -0.39 is 0 Å². The molecule has 0 aliphatic carbocycles. The van der Waals surface area contributed by atoms with E-state index in [1.807, 2.05) is 0 Å². The lowest BCUT2D eigenvalue weighted by Gasteiger charge is -2.27. The molecule has 1 unspecified atom stereocenters. The van der Waals surface area contributed by atoms with Crippen molar-refractivity contribution in [1.82, 2.24) is 16.0 Å². The lowest BCUT2D eigenvalue weighted by molar-refractivity contribution is -0.122. The maximum atomic E-state index is 11.3. The van der Waals surface area contributed by atoms with Crippen LogP contribution in [0, 0.1) is 0 Å². The fraction of sp³-hybridized carbons (Fsp3) is 0.875. The quantitative estimate of drug-likeness (QED) is 0.428. The summed E-state index contributed by atoms with van der Waals surface area (Å²) >= 11 is 0. The fourth-order valence-electron chi connectivity index (χ4n) is 1.93. The van der Waals surface area contributed by atoms with Crippen molar-refractivity contribution in [3.63, 3.8) is 0 Å². The van der Waals surface area contributed by atoms with Crippen LogP contribution < -0.4 is 16.0 Å². The summed E-state index contributed by atoms with van der Waals surface area (Å²) in [4.78, 5) is 11.3. The first kappa shape index (κ1) is 8.01. The van der Waals surface area contributed by atoms with Gasteiger partial charge in [0.1, 0.15) is 0 Å². The van der Waals surface area contributed by atoms with E-state index in [4.69, 9.17) is 0 Å². The highest BCUT2D eigenvalue weighted by atomic mass is 16.1. The molecule has 2 aliphatic rings. The second-order valence-electron chi connectivity index (χ2n) is 3.68. The molecule has 1 spiro atoms. The van der Waals surface area contributed by atoms with Crippen LogP contribution in [0.25, 0.3) is 0 Å². The molecule has 0 aromatic carbocycles. The van der Waals surface area contributed by atoms with Gasteiger partial charge in [-0.15, -0.1) is 0 Å². The standard InChI is InChI=1S/C8H15N3O/c12-7-1-3-9-5-8(11-7)2-4-10-6-8/h9-10H,1-6H2,(H,11,12). The molecule has 0 bridgehead atoms. The maximum Gasteiger partial charge on any atom is 0.221 e. The third-order valence-electron chi connectivity index (χ3n) is 2.64. The summed E-state index contributed by atoms with van der Waals surface area (Å²) in [7, 11) is 0. The van der Waals surface area contributed by atoms with Crippen molar-refractivity contribution in [2.75, 3.05) is 26.2 Å². The number of amides is 1. The van der Waals surface area contributed by atoms with Crippen LogP contribution in [-0.4, -0.2) is 37.6 Å². The molecular formula is C8H15N3O. The van der Waals surface area contributed by atoms with Crippen LogP contribution in [0.3, 0.4) is 0 Å². The van der Waals surface area contributed by atoms with Crippen LogP contribution in [0.1, 0.15) is 12.8 Å². The zero-order valence-electron chi connectivity index (χ0n) is 7.15. The highest BCUT2D eigenvalue weighted by molar-refractivity contribution is 5.77. The Balaban J connectivity index is 2.07. The van der Waals surface area contributed by atoms with Crippen LogP contribution in [0.5, 0.6) is 0 Å². The summed E-state index contributed by atoms with van der Waals surface area (Å²) in [6.45, 7) is 3.65. The Morgan fingerprint density at radius 1 is 1.17 bits per heavy atom. The van der Waals surface area contributed by atoms with Gasteiger partial charge in [-0.05, 0) is 13.0 Å². The molecule has 0 radical (unpaired) electrons. The zero-order valence-corrected chi connectivity index (χ0v) is 7.15. The summed E-state index contributed by atoms with van der Waals surface area (Å²) in [6.07, 6.45) is 1.66. The third-order valence-corrected chi connectivity index (χ3v) is 2.64. The van der Waals surface area contributed by atoms with E-state index in [0.29, 0.717) is 6.42 Å². The monoisotopic (exact) mass is 169 g/mol. The van der Waals surface area contributed by atoms with Gasteiger partial charge in [0.15, 0.2) is 0 Å². The van der Waals surface area contributed by atoms with Crippen molar-refractivity contribution in [1.29, 1.82) is 0 Å². The molecule has 0 saturated carbocycles. The predicted octanol–water partition coefficient (Wildman–Crippen LogP) is -1.17. The molecule has 2 rings (SSSR count). The van der Waals surface area contributed by atoms with Crippen LogP contribution in [0.2, 0.25) is 0 Å². The first-order chi connectivity index (χ1) is 5.81. The second kappa shape index (κ2) is 3.03. The molecule has 4 heteroatoms. The molecule has 2 fully saturated rings. The van der Waals surface area contributed by atoms with Gasteiger partial charge in [-0.1, -0.05) is 0 Å². The van der Waals surface area contributed by atoms with Crippen LogP contribution in [0.15, 0.2) is 0 Å². The molecule has 1 amide bonds. The van der Waals surface area contributed by atoms with Gasteiger partial charge in [0.25, 0.3) is 0 Å². The molecule has 68 valence electrons. The largest absolute Gasteiger partial charge is 0.348 e. The SMILES string of the molecule is O=C1CCNCC2(CCNC2)N1. The number of hydrogen-bond donors (Lipinski definition) is 3. The normalized spacial score (nSPS) is 36.5. The van der Waals surface area contributed by atoms with Crippen LogP contribution >= 0.6 is 0 Å². The average molecular weight is 169 g/mol. The molecule has 1 atom stereocenters. The molecule has 2 aliphatic heterocycles. The minimum atomic E-state index is 0.00752. The van der Waals surface area contributed by atoms with Gasteiger partial charge in [0.2, 0.25) is 5.91 Å². The van der Waals surface area contributed by atoms with E-state index in [0.717, 1.165) is 32.6 Å². The van der Waals surface area contributed by atoms with E-state index >= 15 is 0 Å². The summed E-state index contributed by atoms with van der Waals surface area (Å²) in [5.74, 6) is 0.184. The zero-order chi connectivity index (χ0) is 8.44. The third kappa shape index (κ3) is 1.44. The fourth-order valence-corrected chi connectivity index (χ4v) is 1.93. The molecular weight excluding hydrogens is 154 g/mol. The van der Waals surface area contributed by atoms with Gasteiger partial charge < -0.3 is 16.0 Å². The Morgan fingerprint density at radius 3 is 2.67 bits per heavy atom. The number of nitrogens with one attached hydrogen (secondary N) is 3. The maximum absolute atomic E-state index is 11.3. The van der Waals surface area contributed by atoms with E-state index in [1.54, 1.807) is 0 Å². The van der Waals surface area contributed by atoms with Gasteiger partial charge in [0, 0.05) is 26.1 Å². The lowest BCUT2D eigenvalue weighted by atomic mass is 9.99. The summed E-state index contributed by atoms with van der Waals surface area (Å²) in [6, 6.07) is 0. The van der Waals surface area contributed by atoms with E-state index in [1.165, 1.54) is 0 Å². The Morgan fingerprint density at radius 2 is 1.92 bits per heavy atom. The predicted molar refractivity (Wildman–Crippen MR) is 45.8 cm³/mol. The van der Waals surface area contributed by atoms with E-state index in [2.05, 4.69) is 16.0 Å². The highest BCUT2D eigenvalue weighted by Gasteiger charge is 2.35. The van der Waals surface area contributed by atoms with Gasteiger partial charge in [0.05, 0.1) is 5.54 Å². The van der Waals surface area contributed by atoms with Crippen molar-refractivity contribution >= 4 is 5.91 Å². The minimum absolute atomic E-state index is 0.00752. The molecule has 4 nitrogen and oxygen atoms in total. The number of carbonyl (C=O) groups excluding carboxylic acids is 1. The topological polar surface area (TPSA) is 53.2 Å². The smallest absolute Gasteiger partial charge is 0.221 e. The Labute approximate surface area is 72.1 Å².